The molecular formula is C13H16N2O. The van der Waals surface area contributed by atoms with E-state index >= 15 is 0 Å². The van der Waals surface area contributed by atoms with E-state index in [1.807, 2.05) is 10.6 Å². The van der Waals surface area contributed by atoms with Crippen molar-refractivity contribution in [1.29, 1.82) is 5.26 Å². The highest BCUT2D eigenvalue weighted by Crippen LogP contribution is 2.21. The van der Waals surface area contributed by atoms with E-state index in [9.17, 15) is 4.79 Å². The fraction of sp³-hybridized carbons (Fsp3) is 0.538. The van der Waals surface area contributed by atoms with E-state index in [4.69, 9.17) is 5.26 Å². The first-order valence-electron chi connectivity index (χ1n) is 5.93. The first-order chi connectivity index (χ1) is 7.77. The Labute approximate surface area is 95.3 Å². The number of fused-ring (bicyclic) bond motifs is 1. The lowest BCUT2D eigenvalue weighted by Gasteiger charge is -2.11. The number of unbranched alkanes of at least 4 members (excludes halogenated alkanes) is 1. The van der Waals surface area contributed by atoms with E-state index in [1.54, 1.807) is 6.07 Å². The van der Waals surface area contributed by atoms with Crippen molar-refractivity contribution in [2.24, 2.45) is 0 Å². The number of hydrogen-bond donors (Lipinski definition) is 0. The molecule has 1 aliphatic rings. The summed E-state index contributed by atoms with van der Waals surface area (Å²) in [5.74, 6) is 0. The molecule has 1 aromatic rings. The first kappa shape index (κ1) is 10.9. The van der Waals surface area contributed by atoms with Gasteiger partial charge in [-0.15, -0.1) is 0 Å². The number of aryl methyl sites for hydroxylation is 1. The maximum Gasteiger partial charge on any atom is 0.268 e. The second-order valence-corrected chi connectivity index (χ2v) is 4.31. The Kier molecular flexibility index (Phi) is 3.09. The molecule has 84 valence electrons. The molecule has 2 rings (SSSR count). The van der Waals surface area contributed by atoms with Crippen molar-refractivity contribution in [3.8, 4) is 6.07 Å². The number of nitriles is 1. The average Bonchev–Trinajstić information content (AvgIpc) is 2.75. The number of rotatable bonds is 3. The SMILES string of the molecule is CCCCn1c2c(cc(C#N)c1=O)CCC2. The van der Waals surface area contributed by atoms with Gasteiger partial charge in [-0.1, -0.05) is 13.3 Å². The largest absolute Gasteiger partial charge is 0.311 e. The van der Waals surface area contributed by atoms with E-state index in [-0.39, 0.29) is 5.56 Å². The minimum atomic E-state index is -0.100. The Balaban J connectivity index is 2.52. The lowest BCUT2D eigenvalue weighted by atomic mass is 10.1. The molecule has 0 atom stereocenters. The van der Waals surface area contributed by atoms with Crippen LogP contribution in [0.1, 0.15) is 43.0 Å². The van der Waals surface area contributed by atoms with Gasteiger partial charge in [0.15, 0.2) is 0 Å². The van der Waals surface area contributed by atoms with Crippen LogP contribution in [0.4, 0.5) is 0 Å². The van der Waals surface area contributed by atoms with Crippen LogP contribution in [0.3, 0.4) is 0 Å². The van der Waals surface area contributed by atoms with E-state index < -0.39 is 0 Å². The van der Waals surface area contributed by atoms with Gasteiger partial charge < -0.3 is 4.57 Å². The molecule has 0 radical (unpaired) electrons. The molecule has 1 aromatic heterocycles. The molecule has 0 spiro atoms. The quantitative estimate of drug-likeness (QED) is 0.775. The predicted molar refractivity (Wildman–Crippen MR) is 62.4 cm³/mol. The maximum absolute atomic E-state index is 12.0. The van der Waals surface area contributed by atoms with Gasteiger partial charge in [0, 0.05) is 12.2 Å². The Morgan fingerprint density at radius 1 is 1.50 bits per heavy atom. The van der Waals surface area contributed by atoms with Crippen molar-refractivity contribution in [3.05, 3.63) is 33.2 Å². The van der Waals surface area contributed by atoms with E-state index in [2.05, 4.69) is 6.92 Å². The van der Waals surface area contributed by atoms with Crippen molar-refractivity contribution < 1.29 is 0 Å². The summed E-state index contributed by atoms with van der Waals surface area (Å²) in [4.78, 5) is 12.0. The molecule has 0 saturated heterocycles. The van der Waals surface area contributed by atoms with Crippen molar-refractivity contribution >= 4 is 0 Å². The predicted octanol–water partition coefficient (Wildman–Crippen LogP) is 2.01. The summed E-state index contributed by atoms with van der Waals surface area (Å²) in [5.41, 5.74) is 2.57. The monoisotopic (exact) mass is 216 g/mol. The van der Waals surface area contributed by atoms with E-state index in [1.165, 1.54) is 5.56 Å². The highest BCUT2D eigenvalue weighted by atomic mass is 16.1. The molecule has 0 N–H and O–H groups in total. The lowest BCUT2D eigenvalue weighted by Crippen LogP contribution is -2.26. The third kappa shape index (κ3) is 1.76. The van der Waals surface area contributed by atoms with E-state index in [0.717, 1.165) is 44.3 Å². The summed E-state index contributed by atoms with van der Waals surface area (Å²) < 4.78 is 1.82. The summed E-state index contributed by atoms with van der Waals surface area (Å²) in [6.45, 7) is 2.87. The number of pyridine rings is 1. The number of nitrogens with zero attached hydrogens (tertiary/aromatic N) is 2. The first-order valence-corrected chi connectivity index (χ1v) is 5.93. The molecule has 1 heterocycles. The third-order valence-electron chi connectivity index (χ3n) is 3.21. The van der Waals surface area contributed by atoms with Gasteiger partial charge in [0.1, 0.15) is 11.6 Å². The number of aromatic nitrogens is 1. The molecule has 16 heavy (non-hydrogen) atoms. The van der Waals surface area contributed by atoms with Gasteiger partial charge in [0.25, 0.3) is 5.56 Å². The van der Waals surface area contributed by atoms with Gasteiger partial charge in [0.05, 0.1) is 0 Å². The van der Waals surface area contributed by atoms with E-state index in [0.29, 0.717) is 5.56 Å². The summed E-state index contributed by atoms with van der Waals surface area (Å²) in [5, 5.41) is 8.94. The maximum atomic E-state index is 12.0. The van der Waals surface area contributed by atoms with Gasteiger partial charge in [-0.25, -0.2) is 0 Å². The molecule has 0 saturated carbocycles. The van der Waals surface area contributed by atoms with Crippen LogP contribution in [0, 0.1) is 11.3 Å². The van der Waals surface area contributed by atoms with Crippen LogP contribution in [0.5, 0.6) is 0 Å². The minimum Gasteiger partial charge on any atom is -0.311 e. The van der Waals surface area contributed by atoms with Crippen LogP contribution in [-0.2, 0) is 19.4 Å². The van der Waals surface area contributed by atoms with Crippen molar-refractivity contribution in [2.75, 3.05) is 0 Å². The number of hydrogen-bond acceptors (Lipinski definition) is 2. The van der Waals surface area contributed by atoms with Gasteiger partial charge in [0.2, 0.25) is 0 Å². The Morgan fingerprint density at radius 3 is 3.00 bits per heavy atom. The third-order valence-corrected chi connectivity index (χ3v) is 3.21. The zero-order valence-electron chi connectivity index (χ0n) is 9.62. The Hall–Kier alpha value is -1.56. The second-order valence-electron chi connectivity index (χ2n) is 4.31. The van der Waals surface area contributed by atoms with Crippen molar-refractivity contribution in [1.82, 2.24) is 4.57 Å². The fourth-order valence-corrected chi connectivity index (χ4v) is 2.35. The van der Waals surface area contributed by atoms with Crippen molar-refractivity contribution in [2.45, 2.75) is 45.6 Å². The normalized spacial score (nSPS) is 13.5. The van der Waals surface area contributed by atoms with Gasteiger partial charge >= 0.3 is 0 Å². The molecule has 0 aromatic carbocycles. The zero-order valence-corrected chi connectivity index (χ0v) is 9.62. The van der Waals surface area contributed by atoms with Crippen LogP contribution in [0.25, 0.3) is 0 Å². The molecule has 0 aliphatic heterocycles. The molecule has 3 heteroatoms. The molecule has 0 unspecified atom stereocenters. The van der Waals surface area contributed by atoms with Crippen LogP contribution in [-0.4, -0.2) is 4.57 Å². The summed E-state index contributed by atoms with van der Waals surface area (Å²) in [6.07, 6.45) is 5.17. The van der Waals surface area contributed by atoms with Crippen LogP contribution < -0.4 is 5.56 Å². The van der Waals surface area contributed by atoms with Gasteiger partial charge in [-0.2, -0.15) is 5.26 Å². The van der Waals surface area contributed by atoms with Crippen LogP contribution >= 0.6 is 0 Å². The smallest absolute Gasteiger partial charge is 0.268 e. The molecule has 0 bridgehead atoms. The van der Waals surface area contributed by atoms with Gasteiger partial charge in [-0.3, -0.25) is 4.79 Å². The van der Waals surface area contributed by atoms with Gasteiger partial charge in [-0.05, 0) is 37.3 Å². The average molecular weight is 216 g/mol. The molecule has 1 aliphatic carbocycles. The second kappa shape index (κ2) is 4.52. The van der Waals surface area contributed by atoms with Crippen LogP contribution in [0.15, 0.2) is 10.9 Å². The standard InChI is InChI=1S/C13H16N2O/c1-2-3-7-15-12-6-4-5-10(12)8-11(9-14)13(15)16/h8H,2-7H2,1H3. The molecule has 3 nitrogen and oxygen atoms in total. The zero-order chi connectivity index (χ0) is 11.5. The summed E-state index contributed by atoms with van der Waals surface area (Å²) in [6, 6.07) is 3.79. The highest BCUT2D eigenvalue weighted by Gasteiger charge is 2.18. The Morgan fingerprint density at radius 2 is 2.31 bits per heavy atom. The van der Waals surface area contributed by atoms with Crippen LogP contribution in [0.2, 0.25) is 0 Å². The van der Waals surface area contributed by atoms with Crippen molar-refractivity contribution in [3.63, 3.8) is 0 Å². The Bertz CT molecular complexity index is 494. The fourth-order valence-electron chi connectivity index (χ4n) is 2.35. The molecule has 0 amide bonds. The minimum absolute atomic E-state index is 0.100. The molecular weight excluding hydrogens is 200 g/mol. The highest BCUT2D eigenvalue weighted by molar-refractivity contribution is 5.36. The topological polar surface area (TPSA) is 45.8 Å². The summed E-state index contributed by atoms with van der Waals surface area (Å²) >= 11 is 0. The summed E-state index contributed by atoms with van der Waals surface area (Å²) in [7, 11) is 0. The lowest BCUT2D eigenvalue weighted by molar-refractivity contribution is 0.589. The molecule has 0 fully saturated rings.